The van der Waals surface area contributed by atoms with Crippen LogP contribution in [0.2, 0.25) is 0 Å². The summed E-state index contributed by atoms with van der Waals surface area (Å²) in [6.45, 7) is 4.39. The van der Waals surface area contributed by atoms with Crippen molar-refractivity contribution in [1.82, 2.24) is 9.36 Å². The van der Waals surface area contributed by atoms with Gasteiger partial charge in [-0.2, -0.15) is 0 Å². The van der Waals surface area contributed by atoms with Gasteiger partial charge in [-0.15, -0.1) is 0 Å². The Morgan fingerprint density at radius 3 is 2.63 bits per heavy atom. The molecule has 0 unspecified atom stereocenters. The van der Waals surface area contributed by atoms with Gasteiger partial charge in [0.2, 0.25) is 0 Å². The molecule has 0 fully saturated rings. The highest BCUT2D eigenvalue weighted by Gasteiger charge is 2.32. The first-order valence-electron chi connectivity index (χ1n) is 8.83. The van der Waals surface area contributed by atoms with E-state index in [0.29, 0.717) is 10.2 Å². The van der Waals surface area contributed by atoms with Gasteiger partial charge >= 0.3 is 0 Å². The average Bonchev–Trinajstić information content (AvgIpc) is 3.07. The van der Waals surface area contributed by atoms with Crippen LogP contribution in [0.4, 0.5) is 0 Å². The number of ether oxygens (including phenoxy) is 2. The average molecular weight is 429 g/mol. The molecular formula is C21H21BrN2O3. The van der Waals surface area contributed by atoms with Crippen LogP contribution in [-0.4, -0.2) is 15.0 Å². The van der Waals surface area contributed by atoms with E-state index in [1.807, 2.05) is 54.2 Å². The van der Waals surface area contributed by atoms with Crippen molar-refractivity contribution in [2.45, 2.75) is 32.5 Å². The summed E-state index contributed by atoms with van der Waals surface area (Å²) >= 11 is 3.44. The molecule has 2 aromatic carbocycles. The molecule has 0 spiro atoms. The summed E-state index contributed by atoms with van der Waals surface area (Å²) in [7, 11) is 1.85. The summed E-state index contributed by atoms with van der Waals surface area (Å²) in [5, 5.41) is 0. The number of halogens is 1. The van der Waals surface area contributed by atoms with E-state index in [1.165, 1.54) is 0 Å². The molecule has 1 aliphatic rings. The Labute approximate surface area is 166 Å². The third kappa shape index (κ3) is 3.18. The van der Waals surface area contributed by atoms with Crippen molar-refractivity contribution in [3.8, 4) is 17.2 Å². The van der Waals surface area contributed by atoms with E-state index in [9.17, 15) is 4.79 Å². The van der Waals surface area contributed by atoms with Crippen molar-refractivity contribution < 1.29 is 9.47 Å². The quantitative estimate of drug-likeness (QED) is 0.624. The zero-order valence-corrected chi connectivity index (χ0v) is 17.1. The minimum atomic E-state index is -0.230. The van der Waals surface area contributed by atoms with E-state index in [0.717, 1.165) is 29.1 Å². The summed E-state index contributed by atoms with van der Waals surface area (Å²) in [4.78, 5) is 12.7. The lowest BCUT2D eigenvalue weighted by atomic mass is 10.0. The molecule has 1 aliphatic heterocycles. The third-order valence-electron chi connectivity index (χ3n) is 4.74. The highest BCUT2D eigenvalue weighted by Crippen LogP contribution is 2.42. The van der Waals surface area contributed by atoms with Gasteiger partial charge in [0.1, 0.15) is 16.7 Å². The zero-order valence-electron chi connectivity index (χ0n) is 15.5. The van der Waals surface area contributed by atoms with Crippen LogP contribution in [-0.2, 0) is 20.1 Å². The minimum absolute atomic E-state index is 0.113. The van der Waals surface area contributed by atoms with Gasteiger partial charge in [-0.25, -0.2) is 4.68 Å². The van der Waals surface area contributed by atoms with Gasteiger partial charge < -0.3 is 9.47 Å². The first kappa shape index (κ1) is 17.9. The molecule has 0 aliphatic carbocycles. The summed E-state index contributed by atoms with van der Waals surface area (Å²) in [6.07, 6.45) is 0.853. The van der Waals surface area contributed by atoms with Gasteiger partial charge in [0, 0.05) is 19.0 Å². The molecule has 0 bridgehead atoms. The molecule has 0 radical (unpaired) electrons. The summed E-state index contributed by atoms with van der Waals surface area (Å²) in [5.74, 6) is 1.50. The number of hydrogen-bond donors (Lipinski definition) is 0. The summed E-state index contributed by atoms with van der Waals surface area (Å²) < 4.78 is 16.1. The lowest BCUT2D eigenvalue weighted by molar-refractivity contribution is 0.131. The van der Waals surface area contributed by atoms with Crippen LogP contribution >= 0.6 is 15.9 Å². The molecule has 0 saturated heterocycles. The predicted molar refractivity (Wildman–Crippen MR) is 108 cm³/mol. The maximum atomic E-state index is 12.7. The van der Waals surface area contributed by atoms with Crippen LogP contribution in [0.3, 0.4) is 0 Å². The van der Waals surface area contributed by atoms with Gasteiger partial charge in [0.05, 0.1) is 11.4 Å². The number of rotatable bonds is 4. The maximum Gasteiger partial charge on any atom is 0.286 e. The van der Waals surface area contributed by atoms with Gasteiger partial charge in [-0.3, -0.25) is 9.48 Å². The van der Waals surface area contributed by atoms with Gasteiger partial charge in [-0.1, -0.05) is 30.3 Å². The van der Waals surface area contributed by atoms with E-state index in [2.05, 4.69) is 35.8 Å². The fraction of sp³-hybridized carbons (Fsp3) is 0.286. The molecule has 0 N–H and O–H groups in total. The van der Waals surface area contributed by atoms with E-state index < -0.39 is 0 Å². The Morgan fingerprint density at radius 2 is 1.89 bits per heavy atom. The fourth-order valence-corrected chi connectivity index (χ4v) is 4.02. The number of benzene rings is 2. The molecule has 0 amide bonds. The Morgan fingerprint density at radius 1 is 1.15 bits per heavy atom. The van der Waals surface area contributed by atoms with E-state index in [-0.39, 0.29) is 17.8 Å². The van der Waals surface area contributed by atoms with Crippen LogP contribution < -0.4 is 15.0 Å². The SMILES string of the molecule is Cn1c(COc2cccc3c2OC(C)(C)C3)c(Br)c(=O)n1-c1ccccc1. The fourth-order valence-electron chi connectivity index (χ4n) is 3.48. The molecular weight excluding hydrogens is 408 g/mol. The summed E-state index contributed by atoms with van der Waals surface area (Å²) in [5.41, 5.74) is 2.37. The molecule has 3 aromatic rings. The maximum absolute atomic E-state index is 12.7. The second-order valence-corrected chi connectivity index (χ2v) is 8.10. The molecule has 5 nitrogen and oxygen atoms in total. The van der Waals surface area contributed by atoms with E-state index >= 15 is 0 Å². The number of para-hydroxylation sites is 2. The topological polar surface area (TPSA) is 45.4 Å². The summed E-state index contributed by atoms with van der Waals surface area (Å²) in [6, 6.07) is 15.5. The van der Waals surface area contributed by atoms with Gasteiger partial charge in [0.15, 0.2) is 11.5 Å². The number of hydrogen-bond acceptors (Lipinski definition) is 3. The Bertz CT molecular complexity index is 1050. The van der Waals surface area contributed by atoms with Crippen molar-refractivity contribution in [1.29, 1.82) is 0 Å². The van der Waals surface area contributed by atoms with Crippen LogP contribution in [0.5, 0.6) is 11.5 Å². The molecule has 0 atom stereocenters. The first-order valence-corrected chi connectivity index (χ1v) is 9.62. The van der Waals surface area contributed by atoms with E-state index in [4.69, 9.17) is 9.47 Å². The molecule has 140 valence electrons. The Kier molecular flexibility index (Phi) is 4.38. The predicted octanol–water partition coefficient (Wildman–Crippen LogP) is 4.23. The lowest BCUT2D eigenvalue weighted by Crippen LogP contribution is -2.24. The standard InChI is InChI=1S/C21H21BrN2O3/c1-21(2)12-14-8-7-11-17(19(14)27-21)26-13-16-18(22)20(25)24(23(16)3)15-9-5-4-6-10-15/h4-11H,12-13H2,1-3H3. The molecule has 4 rings (SSSR count). The first-order chi connectivity index (χ1) is 12.9. The van der Waals surface area contributed by atoms with Gasteiger partial charge in [0.25, 0.3) is 5.56 Å². The van der Waals surface area contributed by atoms with Crippen molar-refractivity contribution in [2.24, 2.45) is 7.05 Å². The molecule has 6 heteroatoms. The highest BCUT2D eigenvalue weighted by molar-refractivity contribution is 9.10. The third-order valence-corrected chi connectivity index (χ3v) is 5.54. The van der Waals surface area contributed by atoms with Crippen LogP contribution in [0.15, 0.2) is 57.8 Å². The van der Waals surface area contributed by atoms with Crippen LogP contribution in [0.1, 0.15) is 25.1 Å². The van der Waals surface area contributed by atoms with Crippen LogP contribution in [0.25, 0.3) is 5.69 Å². The van der Waals surface area contributed by atoms with Gasteiger partial charge in [-0.05, 0) is 48.0 Å². The van der Waals surface area contributed by atoms with E-state index in [1.54, 1.807) is 4.68 Å². The zero-order chi connectivity index (χ0) is 19.2. The Hall–Kier alpha value is -2.47. The molecule has 0 saturated carbocycles. The normalized spacial score (nSPS) is 14.7. The molecule has 1 aromatic heterocycles. The smallest absolute Gasteiger partial charge is 0.286 e. The van der Waals surface area contributed by atoms with Crippen molar-refractivity contribution in [3.05, 3.63) is 74.6 Å². The number of fused-ring (bicyclic) bond motifs is 1. The largest absolute Gasteiger partial charge is 0.483 e. The van der Waals surface area contributed by atoms with Crippen LogP contribution in [0, 0.1) is 0 Å². The van der Waals surface area contributed by atoms with Crippen molar-refractivity contribution >= 4 is 15.9 Å². The minimum Gasteiger partial charge on any atom is -0.483 e. The monoisotopic (exact) mass is 428 g/mol. The second kappa shape index (κ2) is 6.60. The molecule has 27 heavy (non-hydrogen) atoms. The second-order valence-electron chi connectivity index (χ2n) is 7.31. The van der Waals surface area contributed by atoms with Crippen molar-refractivity contribution in [2.75, 3.05) is 0 Å². The highest BCUT2D eigenvalue weighted by atomic mass is 79.9. The Balaban J connectivity index is 1.65. The van der Waals surface area contributed by atoms with Crippen molar-refractivity contribution in [3.63, 3.8) is 0 Å². The number of aromatic nitrogens is 2. The molecule has 2 heterocycles. The lowest BCUT2D eigenvalue weighted by Gasteiger charge is -2.18. The number of nitrogens with zero attached hydrogens (tertiary/aromatic N) is 2.